The van der Waals surface area contributed by atoms with Crippen molar-refractivity contribution >= 4 is 24.5 Å². The third-order valence-corrected chi connectivity index (χ3v) is 4.40. The van der Waals surface area contributed by atoms with Gasteiger partial charge in [-0.15, -0.1) is 0 Å². The van der Waals surface area contributed by atoms with Crippen LogP contribution in [-0.4, -0.2) is 20.3 Å². The molecule has 1 aromatic carbocycles. The molecule has 0 heterocycles. The predicted molar refractivity (Wildman–Crippen MR) is 68.5 cm³/mol. The van der Waals surface area contributed by atoms with Gasteiger partial charge < -0.3 is 13.8 Å². The zero-order chi connectivity index (χ0) is 12.9. The van der Waals surface area contributed by atoms with Gasteiger partial charge in [-0.2, -0.15) is 0 Å². The summed E-state index contributed by atoms with van der Waals surface area (Å²) in [5, 5.41) is 0.816. The molecule has 0 saturated carbocycles. The van der Waals surface area contributed by atoms with Crippen LogP contribution in [0.3, 0.4) is 0 Å². The molecule has 0 saturated heterocycles. The van der Waals surface area contributed by atoms with Crippen molar-refractivity contribution in [3.05, 3.63) is 23.2 Å². The van der Waals surface area contributed by atoms with Gasteiger partial charge in [-0.3, -0.25) is 4.57 Å². The van der Waals surface area contributed by atoms with Gasteiger partial charge in [0.15, 0.2) is 0 Å². The van der Waals surface area contributed by atoms with E-state index in [0.29, 0.717) is 16.1 Å². The topological polar surface area (TPSA) is 44.8 Å². The summed E-state index contributed by atoms with van der Waals surface area (Å²) < 4.78 is 28.2. The first-order valence-corrected chi connectivity index (χ1v) is 7.22. The summed E-state index contributed by atoms with van der Waals surface area (Å²) in [5.41, 5.74) is 0. The highest BCUT2D eigenvalue weighted by Crippen LogP contribution is 2.49. The second-order valence-electron chi connectivity index (χ2n) is 3.15. The standard InChI is InChI=1S/C11H16ClO4P/c1-4-15-17(13,16-5-2)11-8-9(12)6-7-10(11)14-3/h6-8H,4-5H2,1-3H3. The van der Waals surface area contributed by atoms with E-state index < -0.39 is 7.60 Å². The molecule has 4 nitrogen and oxygen atoms in total. The van der Waals surface area contributed by atoms with E-state index in [1.807, 2.05) is 0 Å². The number of halogens is 1. The van der Waals surface area contributed by atoms with Gasteiger partial charge >= 0.3 is 7.60 Å². The van der Waals surface area contributed by atoms with E-state index in [1.54, 1.807) is 32.0 Å². The van der Waals surface area contributed by atoms with Crippen LogP contribution in [0.4, 0.5) is 0 Å². The van der Waals surface area contributed by atoms with Crippen LogP contribution in [0.5, 0.6) is 5.75 Å². The lowest BCUT2D eigenvalue weighted by Gasteiger charge is -2.19. The normalized spacial score (nSPS) is 11.5. The van der Waals surface area contributed by atoms with Gasteiger partial charge in [0.2, 0.25) is 0 Å². The largest absolute Gasteiger partial charge is 0.496 e. The average Bonchev–Trinajstić information content (AvgIpc) is 2.29. The lowest BCUT2D eigenvalue weighted by molar-refractivity contribution is 0.229. The second kappa shape index (κ2) is 6.41. The first-order chi connectivity index (χ1) is 8.07. The molecule has 0 fully saturated rings. The van der Waals surface area contributed by atoms with Gasteiger partial charge in [-0.25, -0.2) is 0 Å². The molecule has 0 atom stereocenters. The van der Waals surface area contributed by atoms with Crippen LogP contribution < -0.4 is 10.0 Å². The third-order valence-electron chi connectivity index (χ3n) is 2.03. The van der Waals surface area contributed by atoms with E-state index in [0.717, 1.165) is 0 Å². The van der Waals surface area contributed by atoms with Gasteiger partial charge in [0.25, 0.3) is 0 Å². The Labute approximate surface area is 106 Å². The van der Waals surface area contributed by atoms with Crippen molar-refractivity contribution in [2.75, 3.05) is 20.3 Å². The monoisotopic (exact) mass is 278 g/mol. The highest BCUT2D eigenvalue weighted by molar-refractivity contribution is 7.62. The molecule has 0 aliphatic rings. The average molecular weight is 279 g/mol. The summed E-state index contributed by atoms with van der Waals surface area (Å²) in [6, 6.07) is 4.85. The summed E-state index contributed by atoms with van der Waals surface area (Å²) >= 11 is 5.89. The maximum atomic E-state index is 12.6. The summed E-state index contributed by atoms with van der Waals surface area (Å²) in [7, 11) is -1.87. The number of hydrogen-bond acceptors (Lipinski definition) is 4. The molecular weight excluding hydrogens is 263 g/mol. The van der Waals surface area contributed by atoms with E-state index in [1.165, 1.54) is 7.11 Å². The van der Waals surface area contributed by atoms with Crippen molar-refractivity contribution in [2.24, 2.45) is 0 Å². The summed E-state index contributed by atoms with van der Waals surface area (Å²) in [4.78, 5) is 0. The van der Waals surface area contributed by atoms with E-state index in [-0.39, 0.29) is 13.2 Å². The molecule has 0 aliphatic carbocycles. The fourth-order valence-corrected chi connectivity index (χ4v) is 3.41. The van der Waals surface area contributed by atoms with Gasteiger partial charge in [-0.1, -0.05) is 11.6 Å². The van der Waals surface area contributed by atoms with E-state index >= 15 is 0 Å². The molecule has 0 aromatic heterocycles. The number of ether oxygens (including phenoxy) is 1. The van der Waals surface area contributed by atoms with Crippen molar-refractivity contribution in [1.82, 2.24) is 0 Å². The van der Waals surface area contributed by atoms with Crippen molar-refractivity contribution in [3.63, 3.8) is 0 Å². The van der Waals surface area contributed by atoms with Crippen LogP contribution in [0.1, 0.15) is 13.8 Å². The molecular formula is C11H16ClO4P. The number of hydrogen-bond donors (Lipinski definition) is 0. The molecule has 0 aliphatic heterocycles. The van der Waals surface area contributed by atoms with E-state index in [9.17, 15) is 4.57 Å². The van der Waals surface area contributed by atoms with Gasteiger partial charge in [-0.05, 0) is 32.0 Å². The fraction of sp³-hybridized carbons (Fsp3) is 0.455. The van der Waals surface area contributed by atoms with Gasteiger partial charge in [0.05, 0.1) is 20.3 Å². The minimum absolute atomic E-state index is 0.285. The Morgan fingerprint density at radius 1 is 1.24 bits per heavy atom. The SMILES string of the molecule is CCOP(=O)(OCC)c1cc(Cl)ccc1OC. The summed E-state index contributed by atoms with van der Waals surface area (Å²) in [5.74, 6) is 0.444. The highest BCUT2D eigenvalue weighted by Gasteiger charge is 2.30. The van der Waals surface area contributed by atoms with E-state index in [2.05, 4.69) is 0 Å². The molecule has 96 valence electrons. The Hall–Kier alpha value is -0.540. The lowest BCUT2D eigenvalue weighted by atomic mass is 10.3. The minimum Gasteiger partial charge on any atom is -0.496 e. The quantitative estimate of drug-likeness (QED) is 0.749. The van der Waals surface area contributed by atoms with Crippen LogP contribution in [0.2, 0.25) is 5.02 Å². The zero-order valence-corrected chi connectivity index (χ0v) is 11.8. The Kier molecular flexibility index (Phi) is 5.47. The van der Waals surface area contributed by atoms with Crippen molar-refractivity contribution in [3.8, 4) is 5.75 Å². The molecule has 1 rings (SSSR count). The molecule has 0 amide bonds. The van der Waals surface area contributed by atoms with Gasteiger partial charge in [0, 0.05) is 5.02 Å². The summed E-state index contributed by atoms with van der Waals surface area (Å²) in [6.07, 6.45) is 0. The Balaban J connectivity index is 3.25. The van der Waals surface area contributed by atoms with Crippen LogP contribution in [-0.2, 0) is 13.6 Å². The maximum absolute atomic E-state index is 12.6. The molecule has 0 unspecified atom stereocenters. The molecule has 0 spiro atoms. The van der Waals surface area contributed by atoms with Crippen LogP contribution in [0.15, 0.2) is 18.2 Å². The first-order valence-electron chi connectivity index (χ1n) is 5.30. The highest BCUT2D eigenvalue weighted by atomic mass is 35.5. The molecule has 17 heavy (non-hydrogen) atoms. The van der Waals surface area contributed by atoms with Crippen molar-refractivity contribution < 1.29 is 18.3 Å². The molecule has 1 aromatic rings. The molecule has 0 bridgehead atoms. The second-order valence-corrected chi connectivity index (χ2v) is 5.58. The molecule has 0 radical (unpaired) electrons. The van der Waals surface area contributed by atoms with Crippen molar-refractivity contribution in [2.45, 2.75) is 13.8 Å². The lowest BCUT2D eigenvalue weighted by Crippen LogP contribution is -2.13. The number of benzene rings is 1. The Morgan fingerprint density at radius 2 is 1.82 bits per heavy atom. The van der Waals surface area contributed by atoms with E-state index in [4.69, 9.17) is 25.4 Å². The first kappa shape index (κ1) is 14.5. The number of methoxy groups -OCH3 is 1. The molecule has 0 N–H and O–H groups in total. The number of rotatable bonds is 6. The third kappa shape index (κ3) is 3.46. The van der Waals surface area contributed by atoms with Crippen LogP contribution >= 0.6 is 19.2 Å². The Morgan fingerprint density at radius 3 is 2.29 bits per heavy atom. The zero-order valence-electron chi connectivity index (χ0n) is 10.1. The predicted octanol–water partition coefficient (Wildman–Crippen LogP) is 3.24. The smallest absolute Gasteiger partial charge is 0.365 e. The molecule has 6 heteroatoms. The van der Waals surface area contributed by atoms with Crippen molar-refractivity contribution in [1.29, 1.82) is 0 Å². The summed E-state index contributed by atoms with van der Waals surface area (Å²) in [6.45, 7) is 4.07. The maximum Gasteiger partial charge on any atom is 0.365 e. The van der Waals surface area contributed by atoms with Gasteiger partial charge in [0.1, 0.15) is 11.1 Å². The minimum atomic E-state index is -3.36. The van der Waals surface area contributed by atoms with Crippen LogP contribution in [0.25, 0.3) is 0 Å². The Bertz CT molecular complexity index is 412. The fourth-order valence-electron chi connectivity index (χ4n) is 1.39. The van der Waals surface area contributed by atoms with Crippen LogP contribution in [0, 0.1) is 0 Å².